The number of nitrogens with zero attached hydrogens (tertiary/aromatic N) is 2. The van der Waals surface area contributed by atoms with E-state index in [9.17, 15) is 14.4 Å². The van der Waals surface area contributed by atoms with Crippen molar-refractivity contribution in [2.75, 3.05) is 25.4 Å². The van der Waals surface area contributed by atoms with Crippen LogP contribution in [0, 0.1) is 0 Å². The Morgan fingerprint density at radius 3 is 2.81 bits per heavy atom. The quantitative estimate of drug-likeness (QED) is 0.727. The Kier molecular flexibility index (Phi) is 4.03. The van der Waals surface area contributed by atoms with Crippen LogP contribution in [-0.2, 0) is 22.7 Å². The molecular weight excluding hydrogens is 364 g/mol. The molecular formula is C19H22N4O3S. The molecule has 8 heteroatoms. The Hall–Kier alpha value is -1.90. The molecule has 1 aromatic carbocycles. The van der Waals surface area contributed by atoms with Crippen molar-refractivity contribution in [3.05, 3.63) is 34.9 Å². The number of rotatable bonds is 3. The summed E-state index contributed by atoms with van der Waals surface area (Å²) in [5.74, 6) is 0.423. The van der Waals surface area contributed by atoms with Gasteiger partial charge in [0.25, 0.3) is 5.91 Å². The number of imide groups is 1. The molecule has 1 atom stereocenters. The molecule has 0 radical (unpaired) electrons. The predicted octanol–water partition coefficient (Wildman–Crippen LogP) is 0.296. The van der Waals surface area contributed by atoms with Crippen LogP contribution in [0.15, 0.2) is 18.2 Å². The Labute approximate surface area is 161 Å². The van der Waals surface area contributed by atoms with E-state index in [1.165, 1.54) is 0 Å². The van der Waals surface area contributed by atoms with Crippen LogP contribution in [-0.4, -0.2) is 63.8 Å². The first-order chi connectivity index (χ1) is 13.1. The third-order valence-corrected chi connectivity index (χ3v) is 7.58. The minimum absolute atomic E-state index is 0.0808. The molecule has 5 rings (SSSR count). The van der Waals surface area contributed by atoms with E-state index in [-0.39, 0.29) is 29.0 Å². The number of hydrogen-bond acceptors (Lipinski definition) is 6. The number of thioether (sulfide) groups is 1. The lowest BCUT2D eigenvalue weighted by Gasteiger charge is -2.45. The minimum atomic E-state index is -0.556. The molecule has 142 valence electrons. The van der Waals surface area contributed by atoms with E-state index in [2.05, 4.69) is 15.5 Å². The van der Waals surface area contributed by atoms with Crippen LogP contribution in [0.4, 0.5) is 0 Å². The fraction of sp³-hybridized carbons (Fsp3) is 0.526. The van der Waals surface area contributed by atoms with Gasteiger partial charge in [0.1, 0.15) is 6.04 Å². The maximum absolute atomic E-state index is 13.2. The highest BCUT2D eigenvalue weighted by molar-refractivity contribution is 8.01. The molecule has 2 N–H and O–H groups in total. The van der Waals surface area contributed by atoms with Gasteiger partial charge in [0, 0.05) is 50.5 Å². The summed E-state index contributed by atoms with van der Waals surface area (Å²) in [6.45, 7) is 4.20. The van der Waals surface area contributed by atoms with E-state index in [1.54, 1.807) is 4.90 Å². The monoisotopic (exact) mass is 386 g/mol. The van der Waals surface area contributed by atoms with Gasteiger partial charge in [-0.15, -0.1) is 11.8 Å². The Morgan fingerprint density at radius 1 is 1.22 bits per heavy atom. The Morgan fingerprint density at radius 2 is 2.07 bits per heavy atom. The van der Waals surface area contributed by atoms with Crippen LogP contribution in [0.25, 0.3) is 0 Å². The second-order valence-electron chi connectivity index (χ2n) is 7.67. The average Bonchev–Trinajstić information content (AvgIpc) is 3.17. The molecule has 0 aromatic heterocycles. The van der Waals surface area contributed by atoms with Crippen LogP contribution in [0.5, 0.6) is 0 Å². The summed E-state index contributed by atoms with van der Waals surface area (Å²) in [5, 5.41) is 5.73. The van der Waals surface area contributed by atoms with Crippen LogP contribution < -0.4 is 10.6 Å². The molecule has 4 aliphatic heterocycles. The number of hydrogen-bond donors (Lipinski definition) is 2. The molecule has 3 saturated heterocycles. The van der Waals surface area contributed by atoms with Gasteiger partial charge < -0.3 is 10.2 Å². The summed E-state index contributed by atoms with van der Waals surface area (Å²) in [5.41, 5.74) is 2.78. The standard InChI is InChI=1S/C19H22N4O3S/c24-15-5-4-14(17(25)21-15)23-9-13-3-1-2-12(16(13)18(23)26)8-22-6-7-27-19(22)10-20-11-19/h1-3,14,20H,4-11H2,(H,21,24,25). The fourth-order valence-corrected chi connectivity index (χ4v) is 5.99. The molecule has 0 saturated carbocycles. The SMILES string of the molecule is O=C1CCC(N2Cc3cccc(CN4CCSC45CNC5)c3C2=O)C(=O)N1. The molecule has 0 aliphatic carbocycles. The summed E-state index contributed by atoms with van der Waals surface area (Å²) < 4.78 is 0. The fourth-order valence-electron chi connectivity index (χ4n) is 4.56. The number of carbonyl (C=O) groups excluding carboxylic acids is 3. The number of benzene rings is 1. The van der Waals surface area contributed by atoms with Crippen molar-refractivity contribution >= 4 is 29.5 Å². The first-order valence-corrected chi connectivity index (χ1v) is 10.4. The zero-order valence-electron chi connectivity index (χ0n) is 15.0. The Balaban J connectivity index is 1.40. The molecule has 7 nitrogen and oxygen atoms in total. The number of piperidine rings is 1. The highest BCUT2D eigenvalue weighted by Gasteiger charge is 2.47. The van der Waals surface area contributed by atoms with Gasteiger partial charge in [0.2, 0.25) is 11.8 Å². The van der Waals surface area contributed by atoms with Gasteiger partial charge in [0.05, 0.1) is 4.87 Å². The van der Waals surface area contributed by atoms with Crippen molar-refractivity contribution in [3.8, 4) is 0 Å². The normalized spacial score (nSPS) is 27.0. The molecule has 4 aliphatic rings. The second-order valence-corrected chi connectivity index (χ2v) is 9.13. The number of fused-ring (bicyclic) bond motifs is 1. The lowest BCUT2D eigenvalue weighted by Crippen LogP contribution is -2.64. The van der Waals surface area contributed by atoms with Gasteiger partial charge in [0.15, 0.2) is 0 Å². The highest BCUT2D eigenvalue weighted by atomic mass is 32.2. The lowest BCUT2D eigenvalue weighted by atomic mass is 10.0. The van der Waals surface area contributed by atoms with Crippen molar-refractivity contribution in [2.24, 2.45) is 0 Å². The molecule has 3 fully saturated rings. The van der Waals surface area contributed by atoms with E-state index >= 15 is 0 Å². The van der Waals surface area contributed by atoms with Gasteiger partial charge in [-0.25, -0.2) is 0 Å². The number of amides is 3. The smallest absolute Gasteiger partial charge is 0.255 e. The van der Waals surface area contributed by atoms with Gasteiger partial charge >= 0.3 is 0 Å². The molecule has 1 aromatic rings. The van der Waals surface area contributed by atoms with E-state index in [0.29, 0.717) is 13.0 Å². The van der Waals surface area contributed by atoms with Crippen molar-refractivity contribution in [3.63, 3.8) is 0 Å². The third-order valence-electron chi connectivity index (χ3n) is 6.11. The van der Waals surface area contributed by atoms with Gasteiger partial charge in [-0.3, -0.25) is 24.6 Å². The molecule has 27 heavy (non-hydrogen) atoms. The van der Waals surface area contributed by atoms with E-state index in [0.717, 1.165) is 48.6 Å². The molecule has 4 heterocycles. The molecule has 1 spiro atoms. The summed E-state index contributed by atoms with van der Waals surface area (Å²) >= 11 is 2.00. The predicted molar refractivity (Wildman–Crippen MR) is 101 cm³/mol. The van der Waals surface area contributed by atoms with E-state index < -0.39 is 6.04 Å². The largest absolute Gasteiger partial charge is 0.322 e. The zero-order chi connectivity index (χ0) is 18.6. The molecule has 0 bridgehead atoms. The summed E-state index contributed by atoms with van der Waals surface area (Å²) in [7, 11) is 0. The van der Waals surface area contributed by atoms with Crippen LogP contribution in [0.3, 0.4) is 0 Å². The summed E-state index contributed by atoms with van der Waals surface area (Å²) in [6.07, 6.45) is 0.682. The topological polar surface area (TPSA) is 81.8 Å². The minimum Gasteiger partial charge on any atom is -0.322 e. The van der Waals surface area contributed by atoms with E-state index in [1.807, 2.05) is 30.0 Å². The second kappa shape index (κ2) is 6.32. The van der Waals surface area contributed by atoms with Crippen LogP contribution >= 0.6 is 11.8 Å². The highest BCUT2D eigenvalue weighted by Crippen LogP contribution is 2.40. The number of nitrogens with one attached hydrogen (secondary N) is 2. The average molecular weight is 386 g/mol. The first kappa shape index (κ1) is 17.2. The molecule has 1 unspecified atom stereocenters. The van der Waals surface area contributed by atoms with Crippen molar-refractivity contribution in [1.29, 1.82) is 0 Å². The molecule has 3 amide bonds. The summed E-state index contributed by atoms with van der Waals surface area (Å²) in [6, 6.07) is 5.46. The van der Waals surface area contributed by atoms with Gasteiger partial charge in [-0.2, -0.15) is 0 Å². The maximum atomic E-state index is 13.2. The van der Waals surface area contributed by atoms with Crippen LogP contribution in [0.2, 0.25) is 0 Å². The van der Waals surface area contributed by atoms with Crippen molar-refractivity contribution in [2.45, 2.75) is 36.8 Å². The van der Waals surface area contributed by atoms with Crippen LogP contribution in [0.1, 0.15) is 34.3 Å². The van der Waals surface area contributed by atoms with Gasteiger partial charge in [-0.05, 0) is 17.5 Å². The summed E-state index contributed by atoms with van der Waals surface area (Å²) in [4.78, 5) is 41.1. The van der Waals surface area contributed by atoms with Gasteiger partial charge in [-0.1, -0.05) is 18.2 Å². The zero-order valence-corrected chi connectivity index (χ0v) is 15.8. The van der Waals surface area contributed by atoms with Crippen molar-refractivity contribution in [1.82, 2.24) is 20.4 Å². The lowest BCUT2D eigenvalue weighted by molar-refractivity contribution is -0.136. The maximum Gasteiger partial charge on any atom is 0.255 e. The number of carbonyl (C=O) groups is 3. The van der Waals surface area contributed by atoms with Crippen molar-refractivity contribution < 1.29 is 14.4 Å². The third kappa shape index (κ3) is 2.69. The first-order valence-electron chi connectivity index (χ1n) is 9.43. The Bertz CT molecular complexity index is 838. The van der Waals surface area contributed by atoms with E-state index in [4.69, 9.17) is 0 Å².